The van der Waals surface area contributed by atoms with Crippen LogP contribution in [0.2, 0.25) is 0 Å². The quantitative estimate of drug-likeness (QED) is 0.770. The highest BCUT2D eigenvalue weighted by Gasteiger charge is 2.30. The van der Waals surface area contributed by atoms with Crippen LogP contribution in [0.4, 0.5) is 0 Å². The highest BCUT2D eigenvalue weighted by molar-refractivity contribution is 7.89. The predicted octanol–water partition coefficient (Wildman–Crippen LogP) is 2.39. The number of amides is 1. The van der Waals surface area contributed by atoms with Crippen molar-refractivity contribution in [2.45, 2.75) is 25.2 Å². The predicted molar refractivity (Wildman–Crippen MR) is 108 cm³/mol. The summed E-state index contributed by atoms with van der Waals surface area (Å²) in [6.45, 7) is 5.27. The Bertz CT molecular complexity index is 947. The number of hydrogen-bond acceptors (Lipinski definition) is 4. The van der Waals surface area contributed by atoms with E-state index in [4.69, 9.17) is 4.74 Å². The van der Waals surface area contributed by atoms with E-state index in [1.807, 2.05) is 32.0 Å². The Balaban J connectivity index is 1.64. The first-order valence-corrected chi connectivity index (χ1v) is 10.7. The topological polar surface area (TPSA) is 66.9 Å². The molecule has 3 rings (SSSR count). The van der Waals surface area contributed by atoms with Crippen molar-refractivity contribution in [1.29, 1.82) is 0 Å². The van der Waals surface area contributed by atoms with E-state index in [2.05, 4.69) is 0 Å². The average molecular weight is 403 g/mol. The summed E-state index contributed by atoms with van der Waals surface area (Å²) in [6, 6.07) is 12.6. The molecule has 0 N–H and O–H groups in total. The highest BCUT2D eigenvalue weighted by Crippen LogP contribution is 2.22. The fourth-order valence-corrected chi connectivity index (χ4v) is 4.78. The highest BCUT2D eigenvalue weighted by atomic mass is 32.2. The fourth-order valence-electron chi connectivity index (χ4n) is 3.36. The number of carbonyl (C=O) groups excluding carboxylic acids is 1. The minimum Gasteiger partial charge on any atom is -0.496 e. The minimum absolute atomic E-state index is 0.0173. The first-order valence-electron chi connectivity index (χ1n) is 9.29. The van der Waals surface area contributed by atoms with E-state index in [-0.39, 0.29) is 12.3 Å². The van der Waals surface area contributed by atoms with Crippen LogP contribution < -0.4 is 4.74 Å². The third-order valence-corrected chi connectivity index (χ3v) is 6.94. The molecule has 1 heterocycles. The Morgan fingerprint density at radius 1 is 0.964 bits per heavy atom. The van der Waals surface area contributed by atoms with E-state index in [0.717, 1.165) is 16.7 Å². The van der Waals surface area contributed by atoms with Gasteiger partial charge in [-0.25, -0.2) is 8.42 Å². The summed E-state index contributed by atoms with van der Waals surface area (Å²) in [7, 11) is -1.94. The maximum absolute atomic E-state index is 12.8. The number of methoxy groups -OCH3 is 1. The number of benzene rings is 2. The van der Waals surface area contributed by atoms with Crippen molar-refractivity contribution in [3.8, 4) is 5.75 Å². The van der Waals surface area contributed by atoms with Gasteiger partial charge in [-0.05, 0) is 32.0 Å². The molecule has 28 heavy (non-hydrogen) atoms. The van der Waals surface area contributed by atoms with Crippen LogP contribution in [0.1, 0.15) is 16.7 Å². The van der Waals surface area contributed by atoms with E-state index in [1.54, 1.807) is 36.3 Å². The van der Waals surface area contributed by atoms with Gasteiger partial charge in [0.25, 0.3) is 0 Å². The van der Waals surface area contributed by atoms with Crippen LogP contribution >= 0.6 is 0 Å². The molecule has 1 aliphatic heterocycles. The smallest absolute Gasteiger partial charge is 0.243 e. The van der Waals surface area contributed by atoms with Gasteiger partial charge in [0.1, 0.15) is 5.75 Å². The third kappa shape index (κ3) is 4.36. The Hall–Kier alpha value is -2.38. The van der Waals surface area contributed by atoms with Gasteiger partial charge in [-0.3, -0.25) is 4.79 Å². The monoisotopic (exact) mass is 402 g/mol. The zero-order chi connectivity index (χ0) is 20.3. The zero-order valence-electron chi connectivity index (χ0n) is 16.5. The summed E-state index contributed by atoms with van der Waals surface area (Å²) < 4.78 is 32.4. The molecule has 0 radical (unpaired) electrons. The van der Waals surface area contributed by atoms with Crippen LogP contribution in [0.25, 0.3) is 0 Å². The number of sulfonamides is 1. The van der Waals surface area contributed by atoms with Gasteiger partial charge in [0.2, 0.25) is 15.9 Å². The van der Waals surface area contributed by atoms with Crippen molar-refractivity contribution in [2.24, 2.45) is 0 Å². The molecule has 6 nitrogen and oxygen atoms in total. The second-order valence-electron chi connectivity index (χ2n) is 7.09. The van der Waals surface area contributed by atoms with E-state index >= 15 is 0 Å². The molecule has 0 atom stereocenters. The van der Waals surface area contributed by atoms with E-state index in [9.17, 15) is 13.2 Å². The number of piperazine rings is 1. The minimum atomic E-state index is -3.53. The maximum atomic E-state index is 12.8. The van der Waals surface area contributed by atoms with Gasteiger partial charge in [0.15, 0.2) is 0 Å². The SMILES string of the molecule is COc1ccc(C)cc1CC(=O)N1CCN(S(=O)(=O)c2ccc(C)cc2)CC1. The van der Waals surface area contributed by atoms with Crippen molar-refractivity contribution in [3.63, 3.8) is 0 Å². The Morgan fingerprint density at radius 2 is 1.57 bits per heavy atom. The molecule has 2 aromatic carbocycles. The van der Waals surface area contributed by atoms with Gasteiger partial charge in [0, 0.05) is 31.7 Å². The molecule has 0 saturated carbocycles. The molecule has 0 bridgehead atoms. The van der Waals surface area contributed by atoms with E-state index < -0.39 is 10.0 Å². The Labute approximate surface area is 166 Å². The summed E-state index contributed by atoms with van der Waals surface area (Å²) >= 11 is 0. The van der Waals surface area contributed by atoms with Crippen LogP contribution in [0, 0.1) is 13.8 Å². The standard InChI is InChI=1S/C21H26N2O4S/c1-16-4-7-19(8-5-16)28(25,26)23-12-10-22(11-13-23)21(24)15-18-14-17(2)6-9-20(18)27-3/h4-9,14H,10-13,15H2,1-3H3. The Kier molecular flexibility index (Phi) is 6.05. The van der Waals surface area contributed by atoms with Crippen molar-refractivity contribution in [3.05, 3.63) is 59.2 Å². The van der Waals surface area contributed by atoms with Crippen LogP contribution in [-0.4, -0.2) is 56.8 Å². The first kappa shape index (κ1) is 20.4. The van der Waals surface area contributed by atoms with Gasteiger partial charge < -0.3 is 9.64 Å². The molecule has 0 unspecified atom stereocenters. The van der Waals surface area contributed by atoms with Crippen molar-refractivity contribution in [2.75, 3.05) is 33.3 Å². The second-order valence-corrected chi connectivity index (χ2v) is 9.03. The molecule has 7 heteroatoms. The van der Waals surface area contributed by atoms with Gasteiger partial charge in [-0.15, -0.1) is 0 Å². The largest absolute Gasteiger partial charge is 0.496 e. The lowest BCUT2D eigenvalue weighted by Crippen LogP contribution is -2.50. The molecular weight excluding hydrogens is 376 g/mol. The van der Waals surface area contributed by atoms with Crippen LogP contribution in [0.5, 0.6) is 5.75 Å². The van der Waals surface area contributed by atoms with Crippen molar-refractivity contribution in [1.82, 2.24) is 9.21 Å². The molecule has 0 aromatic heterocycles. The second kappa shape index (κ2) is 8.32. The number of aryl methyl sites for hydroxylation is 2. The first-order chi connectivity index (χ1) is 13.3. The maximum Gasteiger partial charge on any atom is 0.243 e. The zero-order valence-corrected chi connectivity index (χ0v) is 17.3. The molecule has 0 spiro atoms. The van der Waals surface area contributed by atoms with Crippen LogP contribution in [-0.2, 0) is 21.2 Å². The van der Waals surface area contributed by atoms with Gasteiger partial charge >= 0.3 is 0 Å². The average Bonchev–Trinajstić information content (AvgIpc) is 2.68. The molecule has 0 aliphatic carbocycles. The summed E-state index contributed by atoms with van der Waals surface area (Å²) in [6.07, 6.45) is 0.246. The summed E-state index contributed by atoms with van der Waals surface area (Å²) in [5.41, 5.74) is 2.93. The van der Waals surface area contributed by atoms with Crippen molar-refractivity contribution >= 4 is 15.9 Å². The van der Waals surface area contributed by atoms with E-state index in [0.29, 0.717) is 36.8 Å². The Morgan fingerprint density at radius 3 is 2.18 bits per heavy atom. The summed E-state index contributed by atoms with van der Waals surface area (Å²) in [5, 5.41) is 0. The number of rotatable bonds is 5. The molecule has 1 amide bonds. The molecular formula is C21H26N2O4S. The molecule has 150 valence electrons. The normalized spacial score (nSPS) is 15.5. The number of hydrogen-bond donors (Lipinski definition) is 0. The lowest BCUT2D eigenvalue weighted by Gasteiger charge is -2.34. The van der Waals surface area contributed by atoms with Crippen LogP contribution in [0.15, 0.2) is 47.4 Å². The van der Waals surface area contributed by atoms with Crippen molar-refractivity contribution < 1.29 is 17.9 Å². The molecule has 2 aromatic rings. The fraction of sp³-hybridized carbons (Fsp3) is 0.381. The van der Waals surface area contributed by atoms with Crippen LogP contribution in [0.3, 0.4) is 0 Å². The number of carbonyl (C=O) groups is 1. The summed E-state index contributed by atoms with van der Waals surface area (Å²) in [5.74, 6) is 0.677. The molecule has 1 aliphatic rings. The van der Waals surface area contributed by atoms with Gasteiger partial charge in [-0.1, -0.05) is 35.4 Å². The lowest BCUT2D eigenvalue weighted by atomic mass is 10.1. The van der Waals surface area contributed by atoms with Gasteiger partial charge in [0.05, 0.1) is 18.4 Å². The number of nitrogens with zero attached hydrogens (tertiary/aromatic N) is 2. The van der Waals surface area contributed by atoms with E-state index in [1.165, 1.54) is 4.31 Å². The third-order valence-electron chi connectivity index (χ3n) is 5.03. The number of ether oxygens (including phenoxy) is 1. The summed E-state index contributed by atoms with van der Waals surface area (Å²) in [4.78, 5) is 14.7. The lowest BCUT2D eigenvalue weighted by molar-refractivity contribution is -0.131. The molecule has 1 saturated heterocycles. The molecule has 1 fully saturated rings. The van der Waals surface area contributed by atoms with Gasteiger partial charge in [-0.2, -0.15) is 4.31 Å².